The van der Waals surface area contributed by atoms with E-state index in [1.165, 1.54) is 12.1 Å². The number of anilines is 1. The van der Waals surface area contributed by atoms with Crippen LogP contribution in [0, 0.1) is 6.92 Å². The number of hydrogen-bond acceptors (Lipinski definition) is 2. The Hall–Kier alpha value is -2.25. The summed E-state index contributed by atoms with van der Waals surface area (Å²) in [5.74, 6) is -7.91. The fraction of sp³-hybridized carbons (Fsp3) is 0.231. The number of para-hydroxylation sites is 1. The number of pyridine rings is 1. The summed E-state index contributed by atoms with van der Waals surface area (Å²) >= 11 is 0. The maximum Gasteiger partial charge on any atom is 0.463 e. The fourth-order valence-electron chi connectivity index (χ4n) is 1.68. The molecule has 1 aromatic carbocycles. The van der Waals surface area contributed by atoms with Crippen LogP contribution in [0.5, 0.6) is 0 Å². The third kappa shape index (κ3) is 2.79. The average Bonchev–Trinajstić information content (AvgIpc) is 2.38. The molecule has 1 heterocycles. The summed E-state index contributed by atoms with van der Waals surface area (Å²) in [5.41, 5.74) is 0.473. The molecular weight excluding hydrogens is 295 g/mol. The van der Waals surface area contributed by atoms with E-state index in [2.05, 4.69) is 4.98 Å². The third-order valence-electron chi connectivity index (χ3n) is 2.75. The molecule has 0 bridgehead atoms. The highest BCUT2D eigenvalue weighted by Gasteiger charge is 2.63. The topological polar surface area (TPSA) is 42.0 Å². The van der Waals surface area contributed by atoms with Crippen LogP contribution >= 0.6 is 0 Å². The lowest BCUT2D eigenvalue weighted by Crippen LogP contribution is -2.47. The van der Waals surface area contributed by atoms with Gasteiger partial charge in [-0.2, -0.15) is 22.0 Å². The van der Waals surface area contributed by atoms with Crippen LogP contribution in [0.1, 0.15) is 5.69 Å². The maximum atomic E-state index is 12.9. The zero-order chi connectivity index (χ0) is 15.8. The lowest BCUT2D eigenvalue weighted by atomic mass is 10.1. The SMILES string of the molecule is Cc1ccc2cccc(NC(=O)C(F)(F)C(F)(F)F)c2n1. The summed E-state index contributed by atoms with van der Waals surface area (Å²) in [6.07, 6.45) is -5.95. The molecule has 1 aromatic heterocycles. The lowest BCUT2D eigenvalue weighted by Gasteiger charge is -2.19. The number of nitrogens with zero attached hydrogens (tertiary/aromatic N) is 1. The van der Waals surface area contributed by atoms with Gasteiger partial charge in [-0.25, -0.2) is 0 Å². The molecule has 21 heavy (non-hydrogen) atoms. The van der Waals surface area contributed by atoms with Gasteiger partial charge in [0.15, 0.2) is 0 Å². The van der Waals surface area contributed by atoms with Crippen LogP contribution in [0.15, 0.2) is 30.3 Å². The minimum Gasteiger partial charge on any atom is -0.319 e. The Balaban J connectivity index is 2.41. The van der Waals surface area contributed by atoms with E-state index in [0.29, 0.717) is 11.1 Å². The summed E-state index contributed by atoms with van der Waals surface area (Å²) in [6, 6.07) is 7.49. The quantitative estimate of drug-likeness (QED) is 0.860. The summed E-state index contributed by atoms with van der Waals surface area (Å²) in [4.78, 5) is 15.2. The number of aromatic nitrogens is 1. The largest absolute Gasteiger partial charge is 0.463 e. The molecule has 112 valence electrons. The van der Waals surface area contributed by atoms with Gasteiger partial charge >= 0.3 is 18.0 Å². The van der Waals surface area contributed by atoms with E-state index in [4.69, 9.17) is 0 Å². The second-order valence-electron chi connectivity index (χ2n) is 4.36. The molecule has 0 spiro atoms. The van der Waals surface area contributed by atoms with Crippen LogP contribution < -0.4 is 5.32 Å². The molecule has 0 saturated carbocycles. The van der Waals surface area contributed by atoms with E-state index in [9.17, 15) is 26.7 Å². The second-order valence-corrected chi connectivity index (χ2v) is 4.36. The molecule has 0 unspecified atom stereocenters. The molecule has 0 saturated heterocycles. The van der Waals surface area contributed by atoms with Gasteiger partial charge in [0, 0.05) is 11.1 Å². The molecule has 0 aliphatic carbocycles. The Morgan fingerprint density at radius 3 is 2.38 bits per heavy atom. The van der Waals surface area contributed by atoms with Crippen LogP contribution in [0.3, 0.4) is 0 Å². The zero-order valence-electron chi connectivity index (χ0n) is 10.6. The van der Waals surface area contributed by atoms with Gasteiger partial charge in [0.1, 0.15) is 0 Å². The number of carbonyl (C=O) groups is 1. The minimum absolute atomic E-state index is 0.142. The van der Waals surface area contributed by atoms with E-state index in [1.807, 2.05) is 0 Å². The number of rotatable bonds is 2. The number of fused-ring (bicyclic) bond motifs is 1. The Morgan fingerprint density at radius 1 is 1.10 bits per heavy atom. The van der Waals surface area contributed by atoms with Crippen molar-refractivity contribution in [2.75, 3.05) is 5.32 Å². The lowest BCUT2D eigenvalue weighted by molar-refractivity contribution is -0.267. The van der Waals surface area contributed by atoms with Crippen molar-refractivity contribution in [2.45, 2.75) is 19.0 Å². The molecule has 3 nitrogen and oxygen atoms in total. The molecule has 0 fully saturated rings. The van der Waals surface area contributed by atoms with Gasteiger partial charge in [0.2, 0.25) is 0 Å². The molecule has 8 heteroatoms. The first-order valence-electron chi connectivity index (χ1n) is 5.75. The van der Waals surface area contributed by atoms with Crippen molar-refractivity contribution in [3.63, 3.8) is 0 Å². The number of alkyl halides is 5. The summed E-state index contributed by atoms with van der Waals surface area (Å²) in [7, 11) is 0. The number of nitrogens with one attached hydrogen (secondary N) is 1. The Kier molecular flexibility index (Phi) is 3.56. The highest BCUT2D eigenvalue weighted by atomic mass is 19.4. The third-order valence-corrected chi connectivity index (χ3v) is 2.75. The van der Waals surface area contributed by atoms with Crippen LogP contribution in [-0.2, 0) is 4.79 Å². The highest BCUT2D eigenvalue weighted by molar-refractivity contribution is 6.03. The predicted molar refractivity (Wildman–Crippen MR) is 66.1 cm³/mol. The van der Waals surface area contributed by atoms with Gasteiger partial charge < -0.3 is 5.32 Å². The van der Waals surface area contributed by atoms with Gasteiger partial charge in [-0.15, -0.1) is 0 Å². The average molecular weight is 304 g/mol. The Morgan fingerprint density at radius 2 is 1.76 bits per heavy atom. The Bertz CT molecular complexity index is 697. The number of amides is 1. The molecule has 2 aromatic rings. The first-order chi connectivity index (χ1) is 9.63. The molecular formula is C13H9F5N2O. The van der Waals surface area contributed by atoms with Crippen molar-refractivity contribution < 1.29 is 26.7 Å². The van der Waals surface area contributed by atoms with Crippen molar-refractivity contribution in [1.82, 2.24) is 4.98 Å². The molecule has 1 N–H and O–H groups in total. The van der Waals surface area contributed by atoms with Crippen LogP contribution in [-0.4, -0.2) is 23.0 Å². The van der Waals surface area contributed by atoms with Gasteiger partial charge in [-0.1, -0.05) is 18.2 Å². The van der Waals surface area contributed by atoms with Crippen molar-refractivity contribution in [3.05, 3.63) is 36.0 Å². The van der Waals surface area contributed by atoms with Gasteiger partial charge in [0.25, 0.3) is 0 Å². The standard InChI is InChI=1S/C13H9F5N2O/c1-7-5-6-8-3-2-4-9(10(8)19-7)20-11(21)12(14,15)13(16,17)18/h2-6H,1H3,(H,20,21). The van der Waals surface area contributed by atoms with E-state index in [0.717, 1.165) is 0 Å². The van der Waals surface area contributed by atoms with Crippen molar-refractivity contribution in [2.24, 2.45) is 0 Å². The van der Waals surface area contributed by atoms with E-state index >= 15 is 0 Å². The number of halogens is 5. The van der Waals surface area contributed by atoms with Gasteiger partial charge in [-0.05, 0) is 19.1 Å². The molecule has 0 aliphatic heterocycles. The molecule has 0 aliphatic rings. The molecule has 0 atom stereocenters. The molecule has 2 rings (SSSR count). The van der Waals surface area contributed by atoms with E-state index < -0.39 is 18.0 Å². The monoisotopic (exact) mass is 304 g/mol. The number of benzene rings is 1. The molecule has 1 amide bonds. The molecule has 0 radical (unpaired) electrons. The summed E-state index contributed by atoms with van der Waals surface area (Å²) < 4.78 is 62.3. The first kappa shape index (κ1) is 15.1. The normalized spacial score (nSPS) is 12.5. The van der Waals surface area contributed by atoms with Crippen molar-refractivity contribution in [3.8, 4) is 0 Å². The zero-order valence-corrected chi connectivity index (χ0v) is 10.6. The van der Waals surface area contributed by atoms with Crippen LogP contribution in [0.2, 0.25) is 0 Å². The summed E-state index contributed by atoms with van der Waals surface area (Å²) in [6.45, 7) is 1.63. The smallest absolute Gasteiger partial charge is 0.319 e. The van der Waals surface area contributed by atoms with Gasteiger partial charge in [0.05, 0.1) is 11.2 Å². The van der Waals surface area contributed by atoms with Crippen molar-refractivity contribution in [1.29, 1.82) is 0 Å². The van der Waals surface area contributed by atoms with Crippen molar-refractivity contribution >= 4 is 22.5 Å². The predicted octanol–water partition coefficient (Wildman–Crippen LogP) is 3.68. The summed E-state index contributed by atoms with van der Waals surface area (Å²) in [5, 5.41) is 2.10. The van der Waals surface area contributed by atoms with Crippen LogP contribution in [0.25, 0.3) is 10.9 Å². The fourth-order valence-corrected chi connectivity index (χ4v) is 1.68. The Labute approximate surface area is 115 Å². The van der Waals surface area contributed by atoms with Gasteiger partial charge in [-0.3, -0.25) is 9.78 Å². The van der Waals surface area contributed by atoms with E-state index in [1.54, 1.807) is 30.4 Å². The van der Waals surface area contributed by atoms with Crippen LogP contribution in [0.4, 0.5) is 27.6 Å². The number of aryl methyl sites for hydroxylation is 1. The number of carbonyl (C=O) groups excluding carboxylic acids is 1. The minimum atomic E-state index is -5.95. The second kappa shape index (κ2) is 4.94. The number of hydrogen-bond donors (Lipinski definition) is 1. The highest BCUT2D eigenvalue weighted by Crippen LogP contribution is 2.36. The first-order valence-corrected chi connectivity index (χ1v) is 5.75. The van der Waals surface area contributed by atoms with E-state index in [-0.39, 0.29) is 11.2 Å². The maximum absolute atomic E-state index is 12.9.